The number of nitrogens with one attached hydrogen (secondary N) is 1. The van der Waals surface area contributed by atoms with Crippen LogP contribution in [0.3, 0.4) is 0 Å². The number of thiophene rings is 1. The van der Waals surface area contributed by atoms with Crippen LogP contribution in [-0.2, 0) is 4.74 Å². The number of H-pyrrole nitrogens is 1. The van der Waals surface area contributed by atoms with E-state index < -0.39 is 11.8 Å². The molecule has 0 aliphatic carbocycles. The second-order valence-electron chi connectivity index (χ2n) is 5.01. The van der Waals surface area contributed by atoms with E-state index in [0.717, 1.165) is 9.35 Å². The van der Waals surface area contributed by atoms with Gasteiger partial charge in [-0.25, -0.2) is 4.79 Å². The number of ether oxygens (including phenoxy) is 1. The van der Waals surface area contributed by atoms with Gasteiger partial charge in [-0.05, 0) is 48.8 Å². The quantitative estimate of drug-likeness (QED) is 0.344. The third-order valence-electron chi connectivity index (χ3n) is 3.32. The normalized spacial score (nSPS) is 11.2. The number of hydrogen-bond acceptors (Lipinski definition) is 5. The average molecular weight is 407 g/mol. The van der Waals surface area contributed by atoms with Gasteiger partial charge in [0, 0.05) is 26.1 Å². The Morgan fingerprint density at radius 3 is 2.58 bits per heavy atom. The Balaban J connectivity index is 2.50. The molecule has 0 aliphatic rings. The van der Waals surface area contributed by atoms with E-state index in [9.17, 15) is 14.9 Å². The van der Waals surface area contributed by atoms with Gasteiger partial charge in [-0.2, -0.15) is 5.26 Å². The predicted molar refractivity (Wildman–Crippen MR) is 96.2 cm³/mol. The summed E-state index contributed by atoms with van der Waals surface area (Å²) in [6, 6.07) is 3.75. The number of aryl methyl sites for hydroxylation is 2. The van der Waals surface area contributed by atoms with Crippen molar-refractivity contribution in [3.8, 4) is 6.07 Å². The van der Waals surface area contributed by atoms with Gasteiger partial charge in [0.25, 0.3) is 0 Å². The molecule has 0 atom stereocenters. The summed E-state index contributed by atoms with van der Waals surface area (Å²) in [4.78, 5) is 28.8. The molecule has 0 saturated heterocycles. The van der Waals surface area contributed by atoms with Crippen LogP contribution in [0, 0.1) is 25.2 Å². The summed E-state index contributed by atoms with van der Waals surface area (Å²) in [5.74, 6) is -1.06. The number of esters is 1. The van der Waals surface area contributed by atoms with Crippen molar-refractivity contribution in [3.05, 3.63) is 48.9 Å². The van der Waals surface area contributed by atoms with E-state index in [-0.39, 0.29) is 23.3 Å². The second kappa shape index (κ2) is 7.60. The number of rotatable bonds is 5. The Hall–Kier alpha value is -2.17. The fourth-order valence-corrected chi connectivity index (χ4v) is 3.73. The molecular formula is C17H15BrN2O3S. The lowest BCUT2D eigenvalue weighted by atomic mass is 9.99. The minimum atomic E-state index is -0.571. The molecule has 0 amide bonds. The number of halogens is 1. The number of allylic oxidation sites excluding steroid dienone is 1. The molecule has 0 unspecified atom stereocenters. The molecule has 0 saturated carbocycles. The summed E-state index contributed by atoms with van der Waals surface area (Å²) in [5, 5.41) is 11.2. The number of aromatic nitrogens is 1. The van der Waals surface area contributed by atoms with Gasteiger partial charge in [-0.1, -0.05) is 0 Å². The molecule has 0 fully saturated rings. The van der Waals surface area contributed by atoms with Crippen molar-refractivity contribution in [2.75, 3.05) is 6.61 Å². The Morgan fingerprint density at radius 1 is 1.38 bits per heavy atom. The topological polar surface area (TPSA) is 83.0 Å². The first-order valence-electron chi connectivity index (χ1n) is 7.15. The van der Waals surface area contributed by atoms with E-state index >= 15 is 0 Å². The lowest BCUT2D eigenvalue weighted by Gasteiger charge is -2.05. The molecule has 2 aromatic heterocycles. The van der Waals surface area contributed by atoms with Crippen molar-refractivity contribution < 1.29 is 14.3 Å². The molecule has 2 aromatic rings. The molecule has 0 bridgehead atoms. The van der Waals surface area contributed by atoms with Crippen LogP contribution in [0.15, 0.2) is 21.5 Å². The third kappa shape index (κ3) is 3.66. The minimum Gasteiger partial charge on any atom is -0.462 e. The van der Waals surface area contributed by atoms with Crippen LogP contribution in [0.5, 0.6) is 0 Å². The van der Waals surface area contributed by atoms with Crippen molar-refractivity contribution in [1.82, 2.24) is 4.98 Å². The molecule has 7 heteroatoms. The molecular weight excluding hydrogens is 392 g/mol. The van der Waals surface area contributed by atoms with E-state index in [1.54, 1.807) is 20.8 Å². The molecule has 0 aliphatic heterocycles. The Bertz CT molecular complexity index is 871. The van der Waals surface area contributed by atoms with Crippen molar-refractivity contribution in [2.24, 2.45) is 0 Å². The number of aromatic amines is 1. The maximum atomic E-state index is 12.8. The van der Waals surface area contributed by atoms with Crippen LogP contribution in [0.1, 0.15) is 43.9 Å². The van der Waals surface area contributed by atoms with E-state index in [1.807, 2.05) is 17.5 Å². The molecule has 0 spiro atoms. The van der Waals surface area contributed by atoms with Crippen LogP contribution in [-0.4, -0.2) is 23.3 Å². The third-order valence-corrected chi connectivity index (χ3v) is 4.96. The number of hydrogen-bond donors (Lipinski definition) is 1. The highest BCUT2D eigenvalue weighted by atomic mass is 79.9. The molecule has 2 rings (SSSR count). The maximum Gasteiger partial charge on any atom is 0.340 e. The molecule has 24 heavy (non-hydrogen) atoms. The standard InChI is InChI=1S/C17H15BrN2O3S/c1-4-23-17(22)15-10(3)20-9(2)14(15)16(21)11(7-19)5-13-6-12(18)8-24-13/h5-6,8,20H,4H2,1-3H3/b11-5+. The van der Waals surface area contributed by atoms with Gasteiger partial charge in [0.15, 0.2) is 0 Å². The number of carbonyl (C=O) groups is 2. The summed E-state index contributed by atoms with van der Waals surface area (Å²) in [6.45, 7) is 5.30. The van der Waals surface area contributed by atoms with Gasteiger partial charge < -0.3 is 9.72 Å². The zero-order chi connectivity index (χ0) is 17.9. The SMILES string of the molecule is CCOC(=O)c1c(C)[nH]c(C)c1C(=O)/C(C#N)=C/c1cc(Br)cs1. The molecule has 5 nitrogen and oxygen atoms in total. The number of nitrogens with zero attached hydrogens (tertiary/aromatic N) is 1. The van der Waals surface area contributed by atoms with Crippen molar-refractivity contribution in [3.63, 3.8) is 0 Å². The van der Waals surface area contributed by atoms with Crippen LogP contribution < -0.4 is 0 Å². The summed E-state index contributed by atoms with van der Waals surface area (Å²) in [5.41, 5.74) is 1.43. The van der Waals surface area contributed by atoms with Gasteiger partial charge in [0.05, 0.1) is 17.7 Å². The summed E-state index contributed by atoms with van der Waals surface area (Å²) < 4.78 is 5.91. The molecule has 124 valence electrons. The zero-order valence-electron chi connectivity index (χ0n) is 13.4. The van der Waals surface area contributed by atoms with Gasteiger partial charge >= 0.3 is 5.97 Å². The highest BCUT2D eigenvalue weighted by Gasteiger charge is 2.27. The molecule has 2 heterocycles. The summed E-state index contributed by atoms with van der Waals surface area (Å²) in [7, 11) is 0. The first-order valence-corrected chi connectivity index (χ1v) is 8.83. The molecule has 0 radical (unpaired) electrons. The van der Waals surface area contributed by atoms with E-state index in [0.29, 0.717) is 11.4 Å². The monoisotopic (exact) mass is 406 g/mol. The highest BCUT2D eigenvalue weighted by Crippen LogP contribution is 2.26. The fourth-order valence-electron chi connectivity index (χ4n) is 2.35. The van der Waals surface area contributed by atoms with Gasteiger partial charge in [-0.15, -0.1) is 11.3 Å². The van der Waals surface area contributed by atoms with Crippen LogP contribution >= 0.6 is 27.3 Å². The summed E-state index contributed by atoms with van der Waals surface area (Å²) in [6.07, 6.45) is 1.52. The van der Waals surface area contributed by atoms with Crippen LogP contribution in [0.4, 0.5) is 0 Å². The van der Waals surface area contributed by atoms with Crippen molar-refractivity contribution in [1.29, 1.82) is 5.26 Å². The van der Waals surface area contributed by atoms with Crippen molar-refractivity contribution in [2.45, 2.75) is 20.8 Å². The largest absolute Gasteiger partial charge is 0.462 e. The lowest BCUT2D eigenvalue weighted by molar-refractivity contribution is 0.0523. The minimum absolute atomic E-state index is 0.0306. The van der Waals surface area contributed by atoms with E-state index in [1.165, 1.54) is 17.4 Å². The Morgan fingerprint density at radius 2 is 2.04 bits per heavy atom. The predicted octanol–water partition coefficient (Wildman–Crippen LogP) is 4.42. The Kier molecular flexibility index (Phi) is 5.75. The van der Waals surface area contributed by atoms with Crippen LogP contribution in [0.25, 0.3) is 6.08 Å². The van der Waals surface area contributed by atoms with Gasteiger partial charge in [0.1, 0.15) is 11.6 Å². The van der Waals surface area contributed by atoms with E-state index in [2.05, 4.69) is 20.9 Å². The second-order valence-corrected chi connectivity index (χ2v) is 6.87. The first kappa shape index (κ1) is 18.2. The average Bonchev–Trinajstić information content (AvgIpc) is 3.06. The van der Waals surface area contributed by atoms with E-state index in [4.69, 9.17) is 4.74 Å². The zero-order valence-corrected chi connectivity index (χ0v) is 15.8. The summed E-state index contributed by atoms with van der Waals surface area (Å²) >= 11 is 4.74. The number of ketones is 1. The lowest BCUT2D eigenvalue weighted by Crippen LogP contribution is -2.13. The molecule has 0 aromatic carbocycles. The first-order chi connectivity index (χ1) is 11.4. The number of nitriles is 1. The number of Topliss-reactive ketones (excluding diaryl/α,β-unsaturated/α-hetero) is 1. The van der Waals surface area contributed by atoms with Crippen LogP contribution in [0.2, 0.25) is 0 Å². The maximum absolute atomic E-state index is 12.8. The Labute approximate surface area is 152 Å². The fraction of sp³-hybridized carbons (Fsp3) is 0.235. The van der Waals surface area contributed by atoms with Crippen molar-refractivity contribution >= 4 is 45.1 Å². The van der Waals surface area contributed by atoms with Gasteiger partial charge in [0.2, 0.25) is 5.78 Å². The molecule has 1 N–H and O–H groups in total. The number of carbonyl (C=O) groups excluding carboxylic acids is 2. The highest BCUT2D eigenvalue weighted by molar-refractivity contribution is 9.10. The van der Waals surface area contributed by atoms with Gasteiger partial charge in [-0.3, -0.25) is 4.79 Å². The smallest absolute Gasteiger partial charge is 0.340 e.